The molecule has 0 unspecified atom stereocenters. The van der Waals surface area contributed by atoms with Crippen molar-refractivity contribution in [3.05, 3.63) is 0 Å². The van der Waals surface area contributed by atoms with Gasteiger partial charge in [-0.3, -0.25) is 4.79 Å². The van der Waals surface area contributed by atoms with E-state index in [0.29, 0.717) is 6.42 Å². The summed E-state index contributed by atoms with van der Waals surface area (Å²) >= 11 is 0. The summed E-state index contributed by atoms with van der Waals surface area (Å²) in [6.07, 6.45) is 9.10. The Kier molecular flexibility index (Phi) is 6.33. The molecule has 0 amide bonds. The van der Waals surface area contributed by atoms with E-state index in [1.807, 2.05) is 6.92 Å². The monoisotopic (exact) mass is 310 g/mol. The van der Waals surface area contributed by atoms with Crippen molar-refractivity contribution in [2.75, 3.05) is 24.0 Å². The van der Waals surface area contributed by atoms with Gasteiger partial charge in [-0.05, 0) is 31.8 Å². The maximum Gasteiger partial charge on any atom is 0.276 e. The zero-order valence-electron chi connectivity index (χ0n) is 12.2. The third kappa shape index (κ3) is 6.27. The van der Waals surface area contributed by atoms with Crippen molar-refractivity contribution in [1.82, 2.24) is 0 Å². The van der Waals surface area contributed by atoms with E-state index in [2.05, 4.69) is 0 Å². The molecular weight excluding hydrogens is 284 g/mol. The van der Waals surface area contributed by atoms with E-state index in [-0.39, 0.29) is 23.2 Å². The van der Waals surface area contributed by atoms with Crippen LogP contribution in [0.5, 0.6) is 0 Å². The molecule has 1 aliphatic rings. The number of carbonyl (C=O) groups excluding carboxylic acids is 1. The molecule has 0 saturated heterocycles. The first-order chi connectivity index (χ1) is 8.76. The largest absolute Gasteiger partial charge is 0.298 e. The van der Waals surface area contributed by atoms with E-state index in [0.717, 1.165) is 32.1 Å². The second-order valence-corrected chi connectivity index (χ2v) is 10.9. The summed E-state index contributed by atoms with van der Waals surface area (Å²) in [7, 11) is -5.33. The third-order valence-corrected chi connectivity index (χ3v) is 7.41. The molecule has 4 nitrogen and oxygen atoms in total. The van der Waals surface area contributed by atoms with Gasteiger partial charge in [-0.2, -0.15) is 8.42 Å². The van der Waals surface area contributed by atoms with Crippen molar-refractivity contribution in [2.45, 2.75) is 45.4 Å². The molecule has 0 atom stereocenters. The van der Waals surface area contributed by atoms with Gasteiger partial charge in [0.15, 0.2) is 0 Å². The van der Waals surface area contributed by atoms with Crippen LogP contribution in [-0.4, -0.2) is 38.2 Å². The number of carbonyl (C=O) groups is 1. The lowest BCUT2D eigenvalue weighted by atomic mass is 10.0. The van der Waals surface area contributed by atoms with Crippen LogP contribution in [0.25, 0.3) is 0 Å². The lowest BCUT2D eigenvalue weighted by Crippen LogP contribution is -2.23. The van der Waals surface area contributed by atoms with Crippen molar-refractivity contribution >= 4 is 26.2 Å². The highest BCUT2D eigenvalue weighted by molar-refractivity contribution is 8.32. The van der Waals surface area contributed by atoms with Crippen LogP contribution in [0, 0.1) is 5.92 Å². The highest BCUT2D eigenvalue weighted by Gasteiger charge is 2.29. The molecule has 6 heteroatoms. The van der Waals surface area contributed by atoms with Gasteiger partial charge in [0.05, 0.1) is 11.5 Å². The Morgan fingerprint density at radius 1 is 1.21 bits per heavy atom. The fourth-order valence-electron chi connectivity index (χ4n) is 2.37. The number of rotatable bonds is 8. The van der Waals surface area contributed by atoms with Crippen LogP contribution in [0.2, 0.25) is 0 Å². The van der Waals surface area contributed by atoms with E-state index in [9.17, 15) is 13.2 Å². The van der Waals surface area contributed by atoms with Gasteiger partial charge >= 0.3 is 0 Å². The van der Waals surface area contributed by atoms with Crippen molar-refractivity contribution in [2.24, 2.45) is 5.92 Å². The molecule has 1 aliphatic carbocycles. The molecule has 0 bridgehead atoms. The number of Topliss-reactive ketones (excluding diaryl/α,β-unsaturated/α-hetero) is 1. The van der Waals surface area contributed by atoms with Crippen LogP contribution < -0.4 is 0 Å². The van der Waals surface area contributed by atoms with Gasteiger partial charge in [-0.15, -0.1) is 10.3 Å². The van der Waals surface area contributed by atoms with Crippen LogP contribution in [0.3, 0.4) is 0 Å². The molecule has 0 heterocycles. The van der Waals surface area contributed by atoms with Gasteiger partial charge in [0.1, 0.15) is 5.78 Å². The molecular formula is C13H26O4S2. The molecule has 19 heavy (non-hydrogen) atoms. The van der Waals surface area contributed by atoms with Gasteiger partial charge in [-0.1, -0.05) is 26.2 Å². The molecule has 0 radical (unpaired) electrons. The van der Waals surface area contributed by atoms with Crippen molar-refractivity contribution in [3.63, 3.8) is 0 Å². The molecule has 1 rings (SSSR count). The molecule has 0 aliphatic heterocycles. The molecule has 1 saturated carbocycles. The lowest BCUT2D eigenvalue weighted by Gasteiger charge is -2.30. The normalized spacial score (nSPS) is 18.7. The van der Waals surface area contributed by atoms with Gasteiger partial charge < -0.3 is 0 Å². The predicted molar refractivity (Wildman–Crippen MR) is 81.1 cm³/mol. The highest BCUT2D eigenvalue weighted by Crippen LogP contribution is 2.44. The first-order valence-electron chi connectivity index (χ1n) is 6.93. The van der Waals surface area contributed by atoms with Crippen LogP contribution in [0.1, 0.15) is 45.4 Å². The summed E-state index contributed by atoms with van der Waals surface area (Å²) in [5, 5.41) is 0. The average Bonchev–Trinajstić information content (AvgIpc) is 2.77. The van der Waals surface area contributed by atoms with Gasteiger partial charge in [0.2, 0.25) is 0 Å². The van der Waals surface area contributed by atoms with Crippen LogP contribution in [0.4, 0.5) is 0 Å². The van der Waals surface area contributed by atoms with E-state index in [1.165, 1.54) is 0 Å². The molecule has 0 spiro atoms. The number of unbranched alkanes of at least 4 members (excludes halogenated alkanes) is 1. The molecule has 0 aromatic rings. The maximum absolute atomic E-state index is 12.1. The zero-order valence-corrected chi connectivity index (χ0v) is 13.8. The van der Waals surface area contributed by atoms with Gasteiger partial charge in [0.25, 0.3) is 10.1 Å². The van der Waals surface area contributed by atoms with Crippen molar-refractivity contribution in [1.29, 1.82) is 0 Å². The van der Waals surface area contributed by atoms with Crippen molar-refractivity contribution < 1.29 is 16.8 Å². The van der Waals surface area contributed by atoms with Crippen LogP contribution in [0.15, 0.2) is 0 Å². The van der Waals surface area contributed by atoms with E-state index in [1.54, 1.807) is 12.5 Å². The van der Waals surface area contributed by atoms with E-state index < -0.39 is 20.4 Å². The first-order valence-corrected chi connectivity index (χ1v) is 11.1. The summed E-state index contributed by atoms with van der Waals surface area (Å²) in [6.45, 7) is 1.94. The van der Waals surface area contributed by atoms with Gasteiger partial charge in [0, 0.05) is 5.92 Å². The number of hydrogen-bond acceptors (Lipinski definition) is 4. The molecule has 0 aromatic carbocycles. The Morgan fingerprint density at radius 2 is 1.79 bits per heavy atom. The Balaban J connectivity index is 2.52. The molecule has 0 N–H and O–H groups in total. The van der Waals surface area contributed by atoms with Crippen LogP contribution in [-0.2, 0) is 18.5 Å². The molecule has 1 fully saturated rings. The number of ketones is 1. The van der Waals surface area contributed by atoms with E-state index in [4.69, 9.17) is 3.63 Å². The summed E-state index contributed by atoms with van der Waals surface area (Å²) in [6, 6.07) is 0. The third-order valence-electron chi connectivity index (χ3n) is 3.34. The smallest absolute Gasteiger partial charge is 0.276 e. The Labute approximate surface area is 118 Å². The predicted octanol–water partition coefficient (Wildman–Crippen LogP) is 2.87. The molecule has 0 aromatic heterocycles. The maximum atomic E-state index is 12.1. The first kappa shape index (κ1) is 17.0. The van der Waals surface area contributed by atoms with Crippen LogP contribution >= 0.6 is 10.3 Å². The quantitative estimate of drug-likeness (QED) is 0.691. The average molecular weight is 310 g/mol. The van der Waals surface area contributed by atoms with Crippen molar-refractivity contribution in [3.8, 4) is 0 Å². The summed E-state index contributed by atoms with van der Waals surface area (Å²) < 4.78 is 28.9. The number of hydrogen-bond donors (Lipinski definition) is 0. The fourth-order valence-corrected chi connectivity index (χ4v) is 6.64. The summed E-state index contributed by atoms with van der Waals surface area (Å²) in [5.74, 6) is 0.637. The lowest BCUT2D eigenvalue weighted by molar-refractivity contribution is -0.120. The standard InChI is InChI=1S/C13H26O4S2/c1-4-5-10-19(15,16)17-18(2,3)11-13(14)12-8-6-7-9-12/h12H,4-11H2,1-3H3. The molecule has 114 valence electrons. The fraction of sp³-hybridized carbons (Fsp3) is 0.923. The van der Waals surface area contributed by atoms with E-state index >= 15 is 0 Å². The Morgan fingerprint density at radius 3 is 2.32 bits per heavy atom. The minimum Gasteiger partial charge on any atom is -0.298 e. The minimum atomic E-state index is -3.49. The second kappa shape index (κ2) is 7.09. The zero-order chi connectivity index (χ0) is 14.5. The Hall–Kier alpha value is -0.0700. The summed E-state index contributed by atoms with van der Waals surface area (Å²) in [5.41, 5.74) is 0. The minimum absolute atomic E-state index is 0.0531. The topological polar surface area (TPSA) is 60.4 Å². The Bertz CT molecular complexity index is 395. The SMILES string of the molecule is CCCCS(=O)(=O)OS(C)(C)CC(=O)C1CCCC1. The highest BCUT2D eigenvalue weighted by atomic mass is 32.3. The second-order valence-electron chi connectivity index (χ2n) is 5.71. The summed E-state index contributed by atoms with van der Waals surface area (Å²) in [4.78, 5) is 12.1. The van der Waals surface area contributed by atoms with Gasteiger partial charge in [-0.25, -0.2) is 3.63 Å².